The Bertz CT molecular complexity index is 1080. The van der Waals surface area contributed by atoms with Crippen molar-refractivity contribution in [1.29, 1.82) is 0 Å². The predicted octanol–water partition coefficient (Wildman–Crippen LogP) is 2.29. The summed E-state index contributed by atoms with van der Waals surface area (Å²) < 4.78 is 29.7. The zero-order valence-electron chi connectivity index (χ0n) is 19.0. The molecule has 3 heterocycles. The van der Waals surface area contributed by atoms with Gasteiger partial charge in [-0.15, -0.1) is 0 Å². The van der Waals surface area contributed by atoms with Crippen molar-refractivity contribution in [1.82, 2.24) is 5.32 Å². The van der Waals surface area contributed by atoms with Gasteiger partial charge in [0.05, 0.1) is 6.54 Å². The van der Waals surface area contributed by atoms with Crippen molar-refractivity contribution in [3.05, 3.63) is 42.5 Å². The van der Waals surface area contributed by atoms with Crippen LogP contribution in [0.15, 0.2) is 42.5 Å². The fourth-order valence-corrected chi connectivity index (χ4v) is 4.62. The Labute approximate surface area is 191 Å². The minimum atomic E-state index is -1.01. The molecule has 3 aliphatic heterocycles. The summed E-state index contributed by atoms with van der Waals surface area (Å²) in [4.78, 5) is 25.6. The van der Waals surface area contributed by atoms with E-state index in [0.29, 0.717) is 5.69 Å². The van der Waals surface area contributed by atoms with Crippen LogP contribution >= 0.6 is 0 Å². The third-order valence-corrected chi connectivity index (χ3v) is 5.90. The van der Waals surface area contributed by atoms with E-state index in [9.17, 15) is 9.59 Å². The van der Waals surface area contributed by atoms with Crippen LogP contribution in [-0.4, -0.2) is 60.6 Å². The lowest BCUT2D eigenvalue weighted by Crippen LogP contribution is -2.59. The van der Waals surface area contributed by atoms with Crippen molar-refractivity contribution < 1.29 is 33.3 Å². The summed E-state index contributed by atoms with van der Waals surface area (Å²) in [6.07, 6.45) is -3.55. The molecule has 0 aromatic heterocycles. The molecule has 9 heteroatoms. The molecule has 2 aromatic carbocycles. The number of nitrogens with one attached hydrogen (secondary N) is 2. The normalized spacial score (nSPS) is 31.6. The van der Waals surface area contributed by atoms with Gasteiger partial charge in [0.2, 0.25) is 5.91 Å². The van der Waals surface area contributed by atoms with Crippen LogP contribution in [0.5, 0.6) is 0 Å². The Morgan fingerprint density at radius 2 is 1.52 bits per heavy atom. The lowest BCUT2D eigenvalue weighted by atomic mass is 9.98. The van der Waals surface area contributed by atoms with Crippen LogP contribution in [0.25, 0.3) is 10.8 Å². The maximum absolute atomic E-state index is 13.0. The summed E-state index contributed by atoms with van der Waals surface area (Å²) >= 11 is 0. The summed E-state index contributed by atoms with van der Waals surface area (Å²) in [5.74, 6) is -2.62. The molecule has 0 spiro atoms. The molecule has 3 fully saturated rings. The van der Waals surface area contributed by atoms with Crippen molar-refractivity contribution >= 4 is 28.3 Å². The fourth-order valence-electron chi connectivity index (χ4n) is 4.62. The van der Waals surface area contributed by atoms with Crippen LogP contribution in [0.2, 0.25) is 0 Å². The van der Waals surface area contributed by atoms with Gasteiger partial charge in [0.15, 0.2) is 24.0 Å². The van der Waals surface area contributed by atoms with E-state index in [1.54, 1.807) is 27.7 Å². The smallest absolute Gasteiger partial charge is 0.252 e. The summed E-state index contributed by atoms with van der Waals surface area (Å²) in [5.41, 5.74) is 0.678. The number of rotatable bonds is 4. The molecule has 5 atom stereocenters. The molecular weight excluding hydrogens is 428 g/mol. The molecule has 2 amide bonds. The highest BCUT2D eigenvalue weighted by molar-refractivity contribution is 6.03. The van der Waals surface area contributed by atoms with Gasteiger partial charge >= 0.3 is 0 Å². The quantitative estimate of drug-likeness (QED) is 0.727. The number of benzene rings is 2. The first-order chi connectivity index (χ1) is 15.6. The minimum Gasteiger partial charge on any atom is -0.345 e. The van der Waals surface area contributed by atoms with Crippen LogP contribution in [0.1, 0.15) is 27.7 Å². The lowest BCUT2D eigenvalue weighted by Gasteiger charge is -2.36. The van der Waals surface area contributed by atoms with Crippen molar-refractivity contribution in [3.8, 4) is 0 Å². The minimum absolute atomic E-state index is 0.222. The number of fused-ring (bicyclic) bond motifs is 4. The highest BCUT2D eigenvalue weighted by Crippen LogP contribution is 2.44. The van der Waals surface area contributed by atoms with E-state index in [2.05, 4.69) is 10.6 Å². The van der Waals surface area contributed by atoms with Crippen molar-refractivity contribution in [3.63, 3.8) is 0 Å². The maximum atomic E-state index is 13.0. The van der Waals surface area contributed by atoms with E-state index in [0.717, 1.165) is 10.8 Å². The topological polar surface area (TPSA) is 104 Å². The Morgan fingerprint density at radius 3 is 2.33 bits per heavy atom. The molecule has 2 N–H and O–H groups in total. The van der Waals surface area contributed by atoms with Gasteiger partial charge < -0.3 is 34.3 Å². The molecule has 0 aliphatic carbocycles. The van der Waals surface area contributed by atoms with E-state index >= 15 is 0 Å². The zero-order valence-corrected chi connectivity index (χ0v) is 19.0. The Morgan fingerprint density at radius 1 is 0.848 bits per heavy atom. The highest BCUT2D eigenvalue weighted by atomic mass is 16.9. The Hall–Kier alpha value is -2.56. The third kappa shape index (κ3) is 4.34. The van der Waals surface area contributed by atoms with Gasteiger partial charge in [0.1, 0.15) is 18.3 Å². The van der Waals surface area contributed by atoms with E-state index in [4.69, 9.17) is 23.7 Å². The second-order valence-corrected chi connectivity index (χ2v) is 9.38. The van der Waals surface area contributed by atoms with Crippen LogP contribution < -0.4 is 10.6 Å². The predicted molar refractivity (Wildman–Crippen MR) is 118 cm³/mol. The zero-order chi connectivity index (χ0) is 23.4. The number of carbonyl (C=O) groups is 2. The molecule has 5 rings (SSSR count). The average molecular weight is 456 g/mol. The fraction of sp³-hybridized carbons (Fsp3) is 0.500. The first-order valence-corrected chi connectivity index (χ1v) is 11.0. The molecule has 33 heavy (non-hydrogen) atoms. The SMILES string of the molecule is CC1(C)O[C@H]2[C@@H](O1)[C@@H](C(=O)NCC(=O)Nc1cccc3ccccc13)O[C@@H]1OC(C)(C)O[C@@H]12. The maximum Gasteiger partial charge on any atom is 0.252 e. The molecule has 0 saturated carbocycles. The van der Waals surface area contributed by atoms with E-state index in [1.807, 2.05) is 42.5 Å². The number of carbonyl (C=O) groups excluding carboxylic acids is 2. The van der Waals surface area contributed by atoms with E-state index in [1.165, 1.54) is 0 Å². The van der Waals surface area contributed by atoms with Gasteiger partial charge in [0.25, 0.3) is 5.91 Å². The number of hydrogen-bond acceptors (Lipinski definition) is 7. The summed E-state index contributed by atoms with van der Waals surface area (Å²) in [6.45, 7) is 6.87. The van der Waals surface area contributed by atoms with Crippen molar-refractivity contribution in [2.75, 3.05) is 11.9 Å². The van der Waals surface area contributed by atoms with Crippen LogP contribution in [0.3, 0.4) is 0 Å². The number of anilines is 1. The van der Waals surface area contributed by atoms with Gasteiger partial charge in [0, 0.05) is 11.1 Å². The lowest BCUT2D eigenvalue weighted by molar-refractivity contribution is -0.231. The van der Waals surface area contributed by atoms with Crippen LogP contribution in [-0.2, 0) is 33.3 Å². The second-order valence-electron chi connectivity index (χ2n) is 9.38. The number of hydrogen-bond donors (Lipinski definition) is 2. The molecule has 176 valence electrons. The number of ether oxygens (including phenoxy) is 5. The van der Waals surface area contributed by atoms with Crippen molar-refractivity contribution in [2.24, 2.45) is 0 Å². The summed E-state index contributed by atoms with van der Waals surface area (Å²) in [6, 6.07) is 13.4. The molecular formula is C24H28N2O7. The van der Waals surface area contributed by atoms with Crippen LogP contribution in [0, 0.1) is 0 Å². The highest BCUT2D eigenvalue weighted by Gasteiger charge is 2.62. The van der Waals surface area contributed by atoms with Gasteiger partial charge in [-0.25, -0.2) is 0 Å². The number of amides is 2. The molecule has 0 radical (unpaired) electrons. The first-order valence-electron chi connectivity index (χ1n) is 11.0. The first kappa shape index (κ1) is 22.2. The molecule has 0 unspecified atom stereocenters. The largest absolute Gasteiger partial charge is 0.345 e. The third-order valence-electron chi connectivity index (χ3n) is 5.90. The second kappa shape index (κ2) is 8.03. The summed E-state index contributed by atoms with van der Waals surface area (Å²) in [5, 5.41) is 7.44. The van der Waals surface area contributed by atoms with Gasteiger partial charge in [-0.05, 0) is 39.1 Å². The average Bonchev–Trinajstić information content (AvgIpc) is 3.25. The monoisotopic (exact) mass is 456 g/mol. The summed E-state index contributed by atoms with van der Waals surface area (Å²) in [7, 11) is 0. The standard InChI is InChI=1S/C24H28N2O7/c1-23(2)30-17-18(31-23)20-22(33-24(3,4)32-20)29-19(17)21(28)25-12-16(27)26-15-11-7-9-13-8-5-6-10-14(13)15/h5-11,17-20,22H,12H2,1-4H3,(H,25,28)(H,26,27)/t17-,18+,19+,20-,22-/m1/s1. The van der Waals surface area contributed by atoms with Crippen molar-refractivity contribution in [2.45, 2.75) is 70.0 Å². The van der Waals surface area contributed by atoms with E-state index in [-0.39, 0.29) is 12.5 Å². The molecule has 3 saturated heterocycles. The Kier molecular flexibility index (Phi) is 5.42. The van der Waals surface area contributed by atoms with Gasteiger partial charge in [-0.1, -0.05) is 36.4 Å². The molecule has 3 aliphatic rings. The molecule has 2 aromatic rings. The van der Waals surface area contributed by atoms with Gasteiger partial charge in [-0.3, -0.25) is 9.59 Å². The molecule has 0 bridgehead atoms. The Balaban J connectivity index is 1.26. The van der Waals surface area contributed by atoms with Gasteiger partial charge in [-0.2, -0.15) is 0 Å². The van der Waals surface area contributed by atoms with E-state index < -0.39 is 48.2 Å². The van der Waals surface area contributed by atoms with Crippen LogP contribution in [0.4, 0.5) is 5.69 Å². The molecule has 9 nitrogen and oxygen atoms in total.